The molecule has 0 saturated carbocycles. The number of para-hydroxylation sites is 1. The third-order valence-corrected chi connectivity index (χ3v) is 3.00. The van der Waals surface area contributed by atoms with Crippen molar-refractivity contribution in [2.45, 2.75) is 12.5 Å². The molecular weight excluding hydrogens is 226 g/mol. The average molecular weight is 239 g/mol. The molecule has 0 aliphatic heterocycles. The van der Waals surface area contributed by atoms with Gasteiger partial charge in [0.15, 0.2) is 0 Å². The molecule has 2 heterocycles. The van der Waals surface area contributed by atoms with E-state index in [-0.39, 0.29) is 0 Å². The number of hydrogen-bond acceptors (Lipinski definition) is 3. The van der Waals surface area contributed by atoms with E-state index in [0.29, 0.717) is 6.42 Å². The standard InChI is InChI=1S/C15H13NO2/c17-14(10-12-6-3-9-18-12)13-7-1-4-11-5-2-8-16-15(11)13/h1-9,14,17H,10H2. The van der Waals surface area contributed by atoms with Crippen LogP contribution in [-0.2, 0) is 6.42 Å². The lowest BCUT2D eigenvalue weighted by Crippen LogP contribution is -2.02. The third kappa shape index (κ3) is 2.00. The van der Waals surface area contributed by atoms with Crippen molar-refractivity contribution in [3.05, 3.63) is 66.2 Å². The van der Waals surface area contributed by atoms with Crippen molar-refractivity contribution >= 4 is 10.9 Å². The van der Waals surface area contributed by atoms with E-state index in [1.54, 1.807) is 12.5 Å². The maximum Gasteiger partial charge on any atom is 0.106 e. The Morgan fingerprint density at radius 2 is 2.00 bits per heavy atom. The molecule has 1 unspecified atom stereocenters. The Bertz CT molecular complexity index is 641. The van der Waals surface area contributed by atoms with Crippen molar-refractivity contribution in [3.63, 3.8) is 0 Å². The molecule has 1 atom stereocenters. The molecule has 0 saturated heterocycles. The van der Waals surface area contributed by atoms with Gasteiger partial charge in [0.2, 0.25) is 0 Å². The van der Waals surface area contributed by atoms with E-state index in [1.807, 2.05) is 42.5 Å². The first-order valence-corrected chi connectivity index (χ1v) is 5.89. The molecule has 3 aromatic rings. The molecule has 3 heteroatoms. The van der Waals surface area contributed by atoms with Gasteiger partial charge in [0.05, 0.1) is 17.9 Å². The van der Waals surface area contributed by atoms with Crippen LogP contribution < -0.4 is 0 Å². The molecule has 1 aromatic carbocycles. The van der Waals surface area contributed by atoms with Crippen LogP contribution in [0.2, 0.25) is 0 Å². The quantitative estimate of drug-likeness (QED) is 0.763. The first-order valence-electron chi connectivity index (χ1n) is 5.89. The minimum atomic E-state index is -0.602. The molecule has 1 N–H and O–H groups in total. The molecule has 0 aliphatic rings. The predicted molar refractivity (Wildman–Crippen MR) is 69.1 cm³/mol. The number of aliphatic hydroxyl groups is 1. The number of fused-ring (bicyclic) bond motifs is 1. The largest absolute Gasteiger partial charge is 0.469 e. The van der Waals surface area contributed by atoms with E-state index >= 15 is 0 Å². The fourth-order valence-electron chi connectivity index (χ4n) is 2.13. The first kappa shape index (κ1) is 11.0. The second kappa shape index (κ2) is 4.63. The third-order valence-electron chi connectivity index (χ3n) is 3.00. The zero-order valence-corrected chi connectivity index (χ0v) is 9.78. The Labute approximate surface area is 105 Å². The molecule has 0 amide bonds. The maximum absolute atomic E-state index is 10.3. The Morgan fingerprint density at radius 1 is 1.11 bits per heavy atom. The summed E-state index contributed by atoms with van der Waals surface area (Å²) < 4.78 is 5.26. The van der Waals surface area contributed by atoms with Gasteiger partial charge in [0.25, 0.3) is 0 Å². The molecule has 18 heavy (non-hydrogen) atoms. The van der Waals surface area contributed by atoms with E-state index in [4.69, 9.17) is 4.42 Å². The normalized spacial score (nSPS) is 12.7. The molecular formula is C15H13NO2. The van der Waals surface area contributed by atoms with E-state index in [9.17, 15) is 5.11 Å². The topological polar surface area (TPSA) is 46.3 Å². The highest BCUT2D eigenvalue weighted by molar-refractivity contribution is 5.81. The van der Waals surface area contributed by atoms with E-state index in [0.717, 1.165) is 22.2 Å². The van der Waals surface area contributed by atoms with Gasteiger partial charge in [0, 0.05) is 23.6 Å². The Morgan fingerprint density at radius 3 is 2.83 bits per heavy atom. The fraction of sp³-hybridized carbons (Fsp3) is 0.133. The number of benzene rings is 1. The summed E-state index contributed by atoms with van der Waals surface area (Å²) in [6.45, 7) is 0. The highest BCUT2D eigenvalue weighted by Gasteiger charge is 2.13. The first-order chi connectivity index (χ1) is 8.84. The van der Waals surface area contributed by atoms with Crippen molar-refractivity contribution in [3.8, 4) is 0 Å². The number of aromatic nitrogens is 1. The van der Waals surface area contributed by atoms with Gasteiger partial charge in [-0.25, -0.2) is 0 Å². The number of pyridine rings is 1. The fourth-order valence-corrected chi connectivity index (χ4v) is 2.13. The molecule has 0 radical (unpaired) electrons. The summed E-state index contributed by atoms with van der Waals surface area (Å²) in [5.74, 6) is 0.774. The van der Waals surface area contributed by atoms with Gasteiger partial charge in [-0.3, -0.25) is 4.98 Å². The van der Waals surface area contributed by atoms with E-state index in [1.165, 1.54) is 0 Å². The second-order valence-electron chi connectivity index (χ2n) is 4.22. The van der Waals surface area contributed by atoms with E-state index < -0.39 is 6.10 Å². The number of aliphatic hydroxyl groups excluding tert-OH is 1. The zero-order chi connectivity index (χ0) is 12.4. The number of furan rings is 1. The van der Waals surface area contributed by atoms with Gasteiger partial charge in [-0.05, 0) is 18.2 Å². The maximum atomic E-state index is 10.3. The molecule has 2 aromatic heterocycles. The Kier molecular flexibility index (Phi) is 2.82. The van der Waals surface area contributed by atoms with Crippen LogP contribution in [0.15, 0.2) is 59.3 Å². The van der Waals surface area contributed by atoms with Crippen LogP contribution >= 0.6 is 0 Å². The lowest BCUT2D eigenvalue weighted by molar-refractivity contribution is 0.172. The van der Waals surface area contributed by atoms with Crippen molar-refractivity contribution in [2.75, 3.05) is 0 Å². The SMILES string of the molecule is OC(Cc1ccco1)c1cccc2cccnc12. The van der Waals surface area contributed by atoms with Crippen LogP contribution in [0.25, 0.3) is 10.9 Å². The molecule has 0 fully saturated rings. The average Bonchev–Trinajstić information content (AvgIpc) is 2.91. The molecule has 0 spiro atoms. The van der Waals surface area contributed by atoms with E-state index in [2.05, 4.69) is 4.98 Å². The zero-order valence-electron chi connectivity index (χ0n) is 9.78. The van der Waals surface area contributed by atoms with Gasteiger partial charge in [-0.1, -0.05) is 24.3 Å². The molecule has 3 nitrogen and oxygen atoms in total. The summed E-state index contributed by atoms with van der Waals surface area (Å²) in [4.78, 5) is 4.34. The highest BCUT2D eigenvalue weighted by atomic mass is 16.3. The van der Waals surface area contributed by atoms with Crippen LogP contribution in [0.1, 0.15) is 17.4 Å². The van der Waals surface area contributed by atoms with Crippen molar-refractivity contribution < 1.29 is 9.52 Å². The second-order valence-corrected chi connectivity index (χ2v) is 4.22. The van der Waals surface area contributed by atoms with Gasteiger partial charge in [-0.15, -0.1) is 0 Å². The summed E-state index contributed by atoms with van der Waals surface area (Å²) in [5, 5.41) is 11.3. The van der Waals surface area contributed by atoms with Crippen LogP contribution in [-0.4, -0.2) is 10.1 Å². The monoisotopic (exact) mass is 239 g/mol. The van der Waals surface area contributed by atoms with Gasteiger partial charge in [-0.2, -0.15) is 0 Å². The predicted octanol–water partition coefficient (Wildman–Crippen LogP) is 3.10. The van der Waals surface area contributed by atoms with Gasteiger partial charge >= 0.3 is 0 Å². The lowest BCUT2D eigenvalue weighted by Gasteiger charge is -2.11. The summed E-state index contributed by atoms with van der Waals surface area (Å²) in [5.41, 5.74) is 1.68. The summed E-state index contributed by atoms with van der Waals surface area (Å²) in [6.07, 6.45) is 3.21. The minimum absolute atomic E-state index is 0.461. The lowest BCUT2D eigenvalue weighted by atomic mass is 10.0. The number of nitrogens with zero attached hydrogens (tertiary/aromatic N) is 1. The van der Waals surface area contributed by atoms with Crippen LogP contribution in [0.4, 0.5) is 0 Å². The van der Waals surface area contributed by atoms with Crippen molar-refractivity contribution in [2.24, 2.45) is 0 Å². The smallest absolute Gasteiger partial charge is 0.106 e. The van der Waals surface area contributed by atoms with Crippen LogP contribution in [0.5, 0.6) is 0 Å². The van der Waals surface area contributed by atoms with Crippen LogP contribution in [0.3, 0.4) is 0 Å². The molecule has 0 bridgehead atoms. The van der Waals surface area contributed by atoms with Gasteiger partial charge in [0.1, 0.15) is 5.76 Å². The number of rotatable bonds is 3. The summed E-state index contributed by atoms with van der Waals surface area (Å²) >= 11 is 0. The Balaban J connectivity index is 1.98. The Hall–Kier alpha value is -2.13. The highest BCUT2D eigenvalue weighted by Crippen LogP contribution is 2.25. The van der Waals surface area contributed by atoms with Crippen LogP contribution in [0, 0.1) is 0 Å². The molecule has 3 rings (SSSR count). The summed E-state index contributed by atoms with van der Waals surface area (Å²) in [7, 11) is 0. The van der Waals surface area contributed by atoms with Gasteiger partial charge < -0.3 is 9.52 Å². The van der Waals surface area contributed by atoms with Crippen molar-refractivity contribution in [1.82, 2.24) is 4.98 Å². The molecule has 90 valence electrons. The summed E-state index contributed by atoms with van der Waals surface area (Å²) in [6, 6.07) is 13.4. The minimum Gasteiger partial charge on any atom is -0.469 e. The van der Waals surface area contributed by atoms with Crippen molar-refractivity contribution in [1.29, 1.82) is 0 Å². The number of hydrogen-bond donors (Lipinski definition) is 1. The molecule has 0 aliphatic carbocycles.